The third-order valence-corrected chi connectivity index (χ3v) is 3.64. The number of benzene rings is 1. The highest BCUT2D eigenvalue weighted by Gasteiger charge is 2.09. The Hall–Kier alpha value is -3.03. The molecule has 8 heteroatoms. The first kappa shape index (κ1) is 19.3. The molecular formula is C18H25N5O3. The van der Waals surface area contributed by atoms with Crippen LogP contribution >= 0.6 is 0 Å². The van der Waals surface area contributed by atoms with Gasteiger partial charge in [-0.25, -0.2) is 9.98 Å². The number of amides is 1. The van der Waals surface area contributed by atoms with Crippen LogP contribution in [0.4, 0.5) is 0 Å². The van der Waals surface area contributed by atoms with Crippen molar-refractivity contribution in [1.82, 2.24) is 20.9 Å². The Morgan fingerprint density at radius 3 is 2.58 bits per heavy atom. The fourth-order valence-electron chi connectivity index (χ4n) is 2.21. The molecule has 140 valence electrons. The molecule has 0 aliphatic heterocycles. The maximum Gasteiger partial charge on any atom is 0.255 e. The molecule has 1 amide bonds. The van der Waals surface area contributed by atoms with Crippen molar-refractivity contribution in [3.8, 4) is 5.75 Å². The minimum absolute atomic E-state index is 0.0376. The van der Waals surface area contributed by atoms with Crippen LogP contribution in [-0.4, -0.2) is 41.6 Å². The summed E-state index contributed by atoms with van der Waals surface area (Å²) in [5.74, 6) is 1.60. The Kier molecular flexibility index (Phi) is 7.02. The second-order valence-corrected chi connectivity index (χ2v) is 5.64. The predicted molar refractivity (Wildman–Crippen MR) is 99.2 cm³/mol. The highest BCUT2D eigenvalue weighted by molar-refractivity contribution is 5.96. The molecular weight excluding hydrogens is 334 g/mol. The SMILES string of the molecule is CCNC(=NCc1nc(C)c(C)o1)NCCNC(=O)c1ccccc1O. The number of aromatic hydroxyl groups is 1. The van der Waals surface area contributed by atoms with Gasteiger partial charge in [0.15, 0.2) is 5.96 Å². The van der Waals surface area contributed by atoms with E-state index in [1.165, 1.54) is 6.07 Å². The molecule has 0 atom stereocenters. The number of carbonyl (C=O) groups excluding carboxylic acids is 1. The minimum Gasteiger partial charge on any atom is -0.507 e. The fraction of sp³-hybridized carbons (Fsp3) is 0.389. The lowest BCUT2D eigenvalue weighted by molar-refractivity contribution is 0.0951. The van der Waals surface area contributed by atoms with E-state index >= 15 is 0 Å². The second-order valence-electron chi connectivity index (χ2n) is 5.64. The zero-order valence-electron chi connectivity index (χ0n) is 15.3. The number of rotatable bonds is 7. The van der Waals surface area contributed by atoms with Gasteiger partial charge in [0.2, 0.25) is 5.89 Å². The second kappa shape index (κ2) is 9.45. The zero-order chi connectivity index (χ0) is 18.9. The number of nitrogens with zero attached hydrogens (tertiary/aromatic N) is 2. The molecule has 0 fully saturated rings. The van der Waals surface area contributed by atoms with Crippen molar-refractivity contribution in [1.29, 1.82) is 0 Å². The molecule has 0 saturated heterocycles. The van der Waals surface area contributed by atoms with E-state index in [-0.39, 0.29) is 17.2 Å². The zero-order valence-corrected chi connectivity index (χ0v) is 15.3. The summed E-state index contributed by atoms with van der Waals surface area (Å²) in [6.07, 6.45) is 0. The fourth-order valence-corrected chi connectivity index (χ4v) is 2.21. The number of phenolic OH excluding ortho intramolecular Hbond substituents is 1. The number of aliphatic imine (C=N–C) groups is 1. The Bertz CT molecular complexity index is 750. The number of hydrogen-bond donors (Lipinski definition) is 4. The summed E-state index contributed by atoms with van der Waals surface area (Å²) in [7, 11) is 0. The summed E-state index contributed by atoms with van der Waals surface area (Å²) in [4.78, 5) is 20.7. The van der Waals surface area contributed by atoms with E-state index in [2.05, 4.69) is 25.9 Å². The van der Waals surface area contributed by atoms with E-state index in [9.17, 15) is 9.90 Å². The van der Waals surface area contributed by atoms with Gasteiger partial charge in [-0.2, -0.15) is 0 Å². The largest absolute Gasteiger partial charge is 0.507 e. The number of aromatic nitrogens is 1. The predicted octanol–water partition coefficient (Wildman–Crippen LogP) is 1.48. The molecule has 0 spiro atoms. The molecule has 1 aromatic carbocycles. The van der Waals surface area contributed by atoms with Crippen LogP contribution in [-0.2, 0) is 6.54 Å². The Morgan fingerprint density at radius 2 is 1.92 bits per heavy atom. The normalized spacial score (nSPS) is 11.3. The van der Waals surface area contributed by atoms with Crippen LogP contribution < -0.4 is 16.0 Å². The molecule has 8 nitrogen and oxygen atoms in total. The average Bonchev–Trinajstić information content (AvgIpc) is 2.94. The number of aryl methyl sites for hydroxylation is 2. The third kappa shape index (κ3) is 5.51. The molecule has 1 heterocycles. The number of hydrogen-bond acceptors (Lipinski definition) is 5. The molecule has 0 aliphatic rings. The first-order chi connectivity index (χ1) is 12.5. The van der Waals surface area contributed by atoms with Crippen molar-refractivity contribution < 1.29 is 14.3 Å². The van der Waals surface area contributed by atoms with Gasteiger partial charge in [0.25, 0.3) is 5.91 Å². The van der Waals surface area contributed by atoms with Crippen molar-refractivity contribution in [3.63, 3.8) is 0 Å². The van der Waals surface area contributed by atoms with Crippen LogP contribution in [0.2, 0.25) is 0 Å². The summed E-state index contributed by atoms with van der Waals surface area (Å²) < 4.78 is 5.51. The number of oxazole rings is 1. The van der Waals surface area contributed by atoms with Gasteiger partial charge < -0.3 is 25.5 Å². The molecule has 2 aromatic rings. The van der Waals surface area contributed by atoms with E-state index in [0.29, 0.717) is 38.0 Å². The maximum absolute atomic E-state index is 12.0. The van der Waals surface area contributed by atoms with Gasteiger partial charge in [-0.3, -0.25) is 4.79 Å². The molecule has 1 aromatic heterocycles. The van der Waals surface area contributed by atoms with Crippen molar-refractivity contribution in [2.45, 2.75) is 27.3 Å². The standard InChI is InChI=1S/C18H25N5O3/c1-4-19-18(22-11-16-23-12(2)13(3)26-16)21-10-9-20-17(25)14-7-5-6-8-15(14)24/h5-8,24H,4,9-11H2,1-3H3,(H,20,25)(H2,19,21,22). The molecule has 0 bridgehead atoms. The van der Waals surface area contributed by atoms with Crippen LogP contribution in [0.3, 0.4) is 0 Å². The summed E-state index contributed by atoms with van der Waals surface area (Å²) >= 11 is 0. The lowest BCUT2D eigenvalue weighted by Gasteiger charge is -2.11. The minimum atomic E-state index is -0.322. The number of phenols is 1. The smallest absolute Gasteiger partial charge is 0.255 e. The van der Waals surface area contributed by atoms with Crippen LogP contribution in [0.5, 0.6) is 5.75 Å². The van der Waals surface area contributed by atoms with E-state index in [0.717, 1.165) is 11.5 Å². The number of nitrogens with one attached hydrogen (secondary N) is 3. The van der Waals surface area contributed by atoms with Gasteiger partial charge in [0.05, 0.1) is 11.3 Å². The molecule has 0 unspecified atom stereocenters. The summed E-state index contributed by atoms with van der Waals surface area (Å²) in [5, 5.41) is 18.7. The summed E-state index contributed by atoms with van der Waals surface area (Å²) in [5.41, 5.74) is 1.11. The van der Waals surface area contributed by atoms with Crippen molar-refractivity contribution >= 4 is 11.9 Å². The van der Waals surface area contributed by atoms with E-state index in [1.807, 2.05) is 20.8 Å². The summed E-state index contributed by atoms with van der Waals surface area (Å²) in [6.45, 7) is 7.63. The lowest BCUT2D eigenvalue weighted by atomic mass is 10.2. The summed E-state index contributed by atoms with van der Waals surface area (Å²) in [6, 6.07) is 6.43. The van der Waals surface area contributed by atoms with Gasteiger partial charge >= 0.3 is 0 Å². The number of carbonyl (C=O) groups is 1. The van der Waals surface area contributed by atoms with Gasteiger partial charge in [0.1, 0.15) is 18.1 Å². The quantitative estimate of drug-likeness (QED) is 0.338. The topological polar surface area (TPSA) is 112 Å². The lowest BCUT2D eigenvalue weighted by Crippen LogP contribution is -2.41. The van der Waals surface area contributed by atoms with E-state index in [1.54, 1.807) is 18.2 Å². The molecule has 4 N–H and O–H groups in total. The molecule has 0 radical (unpaired) electrons. The number of guanidine groups is 1. The highest BCUT2D eigenvalue weighted by Crippen LogP contribution is 2.14. The van der Waals surface area contributed by atoms with Crippen LogP contribution in [0, 0.1) is 13.8 Å². The molecule has 0 saturated carbocycles. The third-order valence-electron chi connectivity index (χ3n) is 3.64. The average molecular weight is 359 g/mol. The van der Waals surface area contributed by atoms with Crippen molar-refractivity contribution in [3.05, 3.63) is 47.2 Å². The van der Waals surface area contributed by atoms with E-state index in [4.69, 9.17) is 4.42 Å². The van der Waals surface area contributed by atoms with Crippen molar-refractivity contribution in [2.75, 3.05) is 19.6 Å². The monoisotopic (exact) mass is 359 g/mol. The first-order valence-electron chi connectivity index (χ1n) is 8.52. The highest BCUT2D eigenvalue weighted by atomic mass is 16.4. The number of para-hydroxylation sites is 1. The molecule has 26 heavy (non-hydrogen) atoms. The van der Waals surface area contributed by atoms with Gasteiger partial charge in [-0.15, -0.1) is 0 Å². The Balaban J connectivity index is 1.81. The van der Waals surface area contributed by atoms with Crippen LogP contribution in [0.25, 0.3) is 0 Å². The Labute approximate surface area is 152 Å². The van der Waals surface area contributed by atoms with Crippen LogP contribution in [0.1, 0.15) is 34.6 Å². The van der Waals surface area contributed by atoms with Gasteiger partial charge in [-0.1, -0.05) is 12.1 Å². The molecule has 0 aliphatic carbocycles. The van der Waals surface area contributed by atoms with E-state index < -0.39 is 0 Å². The van der Waals surface area contributed by atoms with Crippen LogP contribution in [0.15, 0.2) is 33.7 Å². The maximum atomic E-state index is 12.0. The first-order valence-corrected chi connectivity index (χ1v) is 8.52. The molecule has 2 rings (SSSR count). The van der Waals surface area contributed by atoms with Crippen molar-refractivity contribution in [2.24, 2.45) is 4.99 Å². The Morgan fingerprint density at radius 1 is 1.19 bits per heavy atom. The van der Waals surface area contributed by atoms with Gasteiger partial charge in [0, 0.05) is 19.6 Å². The van der Waals surface area contributed by atoms with Gasteiger partial charge in [-0.05, 0) is 32.9 Å².